The van der Waals surface area contributed by atoms with Crippen molar-refractivity contribution in [1.29, 1.82) is 0 Å². The SMILES string of the molecule is C[C@H]1Cc2ccc(O)cc2CN1. The van der Waals surface area contributed by atoms with Gasteiger partial charge in [0, 0.05) is 12.6 Å². The Labute approximate surface area is 72.2 Å². The van der Waals surface area contributed by atoms with Gasteiger partial charge in [-0.05, 0) is 36.6 Å². The molecule has 0 amide bonds. The fourth-order valence-corrected chi connectivity index (χ4v) is 1.66. The highest BCUT2D eigenvalue weighted by Crippen LogP contribution is 2.20. The van der Waals surface area contributed by atoms with Gasteiger partial charge < -0.3 is 10.4 Å². The van der Waals surface area contributed by atoms with Crippen LogP contribution in [0.15, 0.2) is 18.2 Å². The maximum absolute atomic E-state index is 9.23. The predicted octanol–water partition coefficient (Wildman–Crippen LogP) is 1.43. The Morgan fingerprint density at radius 2 is 2.25 bits per heavy atom. The number of aromatic hydroxyl groups is 1. The average Bonchev–Trinajstić information content (AvgIpc) is 2.05. The van der Waals surface area contributed by atoms with Crippen molar-refractivity contribution in [3.63, 3.8) is 0 Å². The van der Waals surface area contributed by atoms with Crippen molar-refractivity contribution in [3.05, 3.63) is 29.3 Å². The summed E-state index contributed by atoms with van der Waals surface area (Å²) in [6, 6.07) is 6.18. The van der Waals surface area contributed by atoms with Gasteiger partial charge in [0.2, 0.25) is 0 Å². The first-order valence-corrected chi connectivity index (χ1v) is 4.30. The van der Waals surface area contributed by atoms with Gasteiger partial charge in [-0.3, -0.25) is 0 Å². The zero-order valence-corrected chi connectivity index (χ0v) is 7.17. The minimum atomic E-state index is 0.366. The van der Waals surface area contributed by atoms with Crippen molar-refractivity contribution in [2.45, 2.75) is 25.9 Å². The van der Waals surface area contributed by atoms with E-state index in [0.717, 1.165) is 13.0 Å². The second kappa shape index (κ2) is 2.79. The highest BCUT2D eigenvalue weighted by Gasteiger charge is 2.13. The number of hydrogen-bond acceptors (Lipinski definition) is 2. The number of nitrogens with one attached hydrogen (secondary N) is 1. The normalized spacial score (nSPS) is 21.9. The van der Waals surface area contributed by atoms with E-state index in [4.69, 9.17) is 0 Å². The first kappa shape index (κ1) is 7.62. The van der Waals surface area contributed by atoms with Crippen LogP contribution in [0.3, 0.4) is 0 Å². The molecule has 1 atom stereocenters. The van der Waals surface area contributed by atoms with E-state index in [1.54, 1.807) is 6.07 Å². The molecule has 0 radical (unpaired) electrons. The molecule has 64 valence electrons. The molecule has 0 fully saturated rings. The fourth-order valence-electron chi connectivity index (χ4n) is 1.66. The molecule has 12 heavy (non-hydrogen) atoms. The molecule has 2 N–H and O–H groups in total. The third-order valence-electron chi connectivity index (χ3n) is 2.36. The van der Waals surface area contributed by atoms with Crippen LogP contribution in [0.5, 0.6) is 5.75 Å². The standard InChI is InChI=1S/C10H13NO/c1-7-4-8-2-3-10(12)5-9(8)6-11-7/h2-3,5,7,11-12H,4,6H2,1H3/t7-/m0/s1. The van der Waals surface area contributed by atoms with E-state index in [-0.39, 0.29) is 0 Å². The molecule has 0 aliphatic carbocycles. The molecule has 0 unspecified atom stereocenters. The van der Waals surface area contributed by atoms with Gasteiger partial charge in [-0.2, -0.15) is 0 Å². The van der Waals surface area contributed by atoms with Crippen LogP contribution in [-0.4, -0.2) is 11.1 Å². The molecule has 0 saturated heterocycles. The van der Waals surface area contributed by atoms with Crippen LogP contribution in [0.2, 0.25) is 0 Å². The van der Waals surface area contributed by atoms with Crippen molar-refractivity contribution in [2.75, 3.05) is 0 Å². The summed E-state index contributed by atoms with van der Waals surface area (Å²) in [7, 11) is 0. The van der Waals surface area contributed by atoms with E-state index in [9.17, 15) is 5.11 Å². The van der Waals surface area contributed by atoms with Gasteiger partial charge in [0.25, 0.3) is 0 Å². The summed E-state index contributed by atoms with van der Waals surface area (Å²) in [5.74, 6) is 0.366. The summed E-state index contributed by atoms with van der Waals surface area (Å²) in [5.41, 5.74) is 2.59. The Hall–Kier alpha value is -1.02. The number of benzene rings is 1. The lowest BCUT2D eigenvalue weighted by atomic mass is 9.97. The first-order chi connectivity index (χ1) is 5.75. The fraction of sp³-hybridized carbons (Fsp3) is 0.400. The minimum absolute atomic E-state index is 0.366. The average molecular weight is 163 g/mol. The summed E-state index contributed by atoms with van der Waals surface area (Å²) in [5, 5.41) is 12.6. The quantitative estimate of drug-likeness (QED) is 0.606. The largest absolute Gasteiger partial charge is 0.508 e. The van der Waals surface area contributed by atoms with Crippen LogP contribution >= 0.6 is 0 Å². The smallest absolute Gasteiger partial charge is 0.115 e. The highest BCUT2D eigenvalue weighted by atomic mass is 16.3. The van der Waals surface area contributed by atoms with Crippen molar-refractivity contribution >= 4 is 0 Å². The number of rotatable bonds is 0. The lowest BCUT2D eigenvalue weighted by Gasteiger charge is -2.22. The van der Waals surface area contributed by atoms with E-state index < -0.39 is 0 Å². The Bertz CT molecular complexity index is 296. The summed E-state index contributed by atoms with van der Waals surface area (Å²) < 4.78 is 0. The number of fused-ring (bicyclic) bond motifs is 1. The van der Waals surface area contributed by atoms with Gasteiger partial charge in [-0.1, -0.05) is 6.07 Å². The summed E-state index contributed by atoms with van der Waals surface area (Å²) >= 11 is 0. The van der Waals surface area contributed by atoms with Crippen molar-refractivity contribution in [2.24, 2.45) is 0 Å². The van der Waals surface area contributed by atoms with E-state index in [2.05, 4.69) is 12.2 Å². The minimum Gasteiger partial charge on any atom is -0.508 e. The first-order valence-electron chi connectivity index (χ1n) is 4.30. The second-order valence-corrected chi connectivity index (χ2v) is 3.44. The molecular weight excluding hydrogens is 150 g/mol. The zero-order chi connectivity index (χ0) is 8.55. The molecule has 0 spiro atoms. The maximum atomic E-state index is 9.23. The molecule has 2 nitrogen and oxygen atoms in total. The number of hydrogen-bond donors (Lipinski definition) is 2. The molecule has 1 aromatic rings. The number of phenolic OH excluding ortho intramolecular Hbond substituents is 1. The highest BCUT2D eigenvalue weighted by molar-refractivity contribution is 5.36. The molecule has 2 heteroatoms. The van der Waals surface area contributed by atoms with Gasteiger partial charge in [-0.25, -0.2) is 0 Å². The Kier molecular flexibility index (Phi) is 1.77. The van der Waals surface area contributed by atoms with Crippen LogP contribution < -0.4 is 5.32 Å². The van der Waals surface area contributed by atoms with Gasteiger partial charge in [0.05, 0.1) is 0 Å². The van der Waals surface area contributed by atoms with Crippen LogP contribution in [0, 0.1) is 0 Å². The van der Waals surface area contributed by atoms with Crippen LogP contribution in [0.1, 0.15) is 18.1 Å². The topological polar surface area (TPSA) is 32.3 Å². The summed E-state index contributed by atoms with van der Waals surface area (Å²) in [4.78, 5) is 0. The van der Waals surface area contributed by atoms with Crippen molar-refractivity contribution in [3.8, 4) is 5.75 Å². The van der Waals surface area contributed by atoms with E-state index >= 15 is 0 Å². The van der Waals surface area contributed by atoms with E-state index in [0.29, 0.717) is 11.8 Å². The van der Waals surface area contributed by atoms with Crippen LogP contribution in [-0.2, 0) is 13.0 Å². The molecular formula is C10H13NO. The predicted molar refractivity (Wildman–Crippen MR) is 48.1 cm³/mol. The molecule has 1 heterocycles. The monoisotopic (exact) mass is 163 g/mol. The van der Waals surface area contributed by atoms with Crippen LogP contribution in [0.25, 0.3) is 0 Å². The lowest BCUT2D eigenvalue weighted by Crippen LogP contribution is -2.32. The Morgan fingerprint density at radius 1 is 1.42 bits per heavy atom. The maximum Gasteiger partial charge on any atom is 0.115 e. The molecule has 1 aliphatic heterocycles. The Morgan fingerprint density at radius 3 is 3.08 bits per heavy atom. The molecule has 0 bridgehead atoms. The van der Waals surface area contributed by atoms with Gasteiger partial charge in [0.15, 0.2) is 0 Å². The molecule has 0 aromatic heterocycles. The molecule has 2 rings (SSSR count). The molecule has 0 saturated carbocycles. The lowest BCUT2D eigenvalue weighted by molar-refractivity contribution is 0.468. The third kappa shape index (κ3) is 1.30. The number of phenols is 1. The Balaban J connectivity index is 2.37. The molecule has 1 aliphatic rings. The zero-order valence-electron chi connectivity index (χ0n) is 7.17. The third-order valence-corrected chi connectivity index (χ3v) is 2.36. The van der Waals surface area contributed by atoms with E-state index in [1.165, 1.54) is 11.1 Å². The van der Waals surface area contributed by atoms with Gasteiger partial charge >= 0.3 is 0 Å². The second-order valence-electron chi connectivity index (χ2n) is 3.44. The van der Waals surface area contributed by atoms with E-state index in [1.807, 2.05) is 12.1 Å². The summed E-state index contributed by atoms with van der Waals surface area (Å²) in [6.45, 7) is 3.06. The van der Waals surface area contributed by atoms with Crippen LogP contribution in [0.4, 0.5) is 0 Å². The van der Waals surface area contributed by atoms with Crippen molar-refractivity contribution in [1.82, 2.24) is 5.32 Å². The van der Waals surface area contributed by atoms with Gasteiger partial charge in [0.1, 0.15) is 5.75 Å². The molecule has 1 aromatic carbocycles. The van der Waals surface area contributed by atoms with Crippen molar-refractivity contribution < 1.29 is 5.11 Å². The van der Waals surface area contributed by atoms with Gasteiger partial charge in [-0.15, -0.1) is 0 Å². The summed E-state index contributed by atoms with van der Waals surface area (Å²) in [6.07, 6.45) is 1.07.